The molecule has 4 nitrogen and oxygen atoms in total. The maximum Gasteiger partial charge on any atom is 0.144 e. The predicted octanol–water partition coefficient (Wildman–Crippen LogP) is 2.90. The van der Waals surface area contributed by atoms with E-state index in [1.54, 1.807) is 7.11 Å². The molecule has 0 fully saturated rings. The normalized spacial score (nSPS) is 12.4. The first-order valence-electron chi connectivity index (χ1n) is 7.41. The van der Waals surface area contributed by atoms with Crippen LogP contribution in [0.1, 0.15) is 23.9 Å². The molecule has 0 amide bonds. The Morgan fingerprint density at radius 3 is 2.67 bits per heavy atom. The van der Waals surface area contributed by atoms with Crippen molar-refractivity contribution in [3.05, 3.63) is 41.2 Å². The molecule has 1 aromatic carbocycles. The van der Waals surface area contributed by atoms with Crippen LogP contribution in [0.15, 0.2) is 24.3 Å². The standard InChI is InChI=1S/C17H25N3O/c1-12(11-18-4)10-15-13(2)19-20(14(15)3)16-8-6-7-9-17(16)21-5/h6-9,12,18H,10-11H2,1-5H3. The Kier molecular flexibility index (Phi) is 5.02. The Balaban J connectivity index is 2.39. The van der Waals surface area contributed by atoms with Crippen molar-refractivity contribution in [1.29, 1.82) is 0 Å². The summed E-state index contributed by atoms with van der Waals surface area (Å²) in [7, 11) is 3.69. The number of hydrogen-bond donors (Lipinski definition) is 1. The van der Waals surface area contributed by atoms with Gasteiger partial charge in [-0.05, 0) is 57.5 Å². The van der Waals surface area contributed by atoms with Gasteiger partial charge in [0, 0.05) is 5.69 Å². The number of rotatable bonds is 6. The van der Waals surface area contributed by atoms with Crippen molar-refractivity contribution in [2.75, 3.05) is 20.7 Å². The number of nitrogens with one attached hydrogen (secondary N) is 1. The van der Waals surface area contributed by atoms with Gasteiger partial charge in [-0.25, -0.2) is 4.68 Å². The van der Waals surface area contributed by atoms with E-state index in [9.17, 15) is 0 Å². The summed E-state index contributed by atoms with van der Waals surface area (Å²) in [5.41, 5.74) is 4.62. The largest absolute Gasteiger partial charge is 0.494 e. The van der Waals surface area contributed by atoms with Crippen LogP contribution in [-0.4, -0.2) is 30.5 Å². The molecule has 0 saturated carbocycles. The summed E-state index contributed by atoms with van der Waals surface area (Å²) in [6, 6.07) is 8.00. The molecule has 4 heteroatoms. The minimum atomic E-state index is 0.586. The van der Waals surface area contributed by atoms with Gasteiger partial charge in [0.1, 0.15) is 11.4 Å². The highest BCUT2D eigenvalue weighted by Gasteiger charge is 2.16. The molecule has 0 bridgehead atoms. The van der Waals surface area contributed by atoms with Crippen molar-refractivity contribution in [2.45, 2.75) is 27.2 Å². The van der Waals surface area contributed by atoms with E-state index in [1.165, 1.54) is 11.3 Å². The van der Waals surface area contributed by atoms with E-state index in [0.717, 1.165) is 30.1 Å². The first-order chi connectivity index (χ1) is 10.1. The fourth-order valence-electron chi connectivity index (χ4n) is 2.78. The molecule has 0 aliphatic rings. The van der Waals surface area contributed by atoms with E-state index >= 15 is 0 Å². The summed E-state index contributed by atoms with van der Waals surface area (Å²) < 4.78 is 7.45. The molecular formula is C17H25N3O. The summed E-state index contributed by atoms with van der Waals surface area (Å²) >= 11 is 0. The van der Waals surface area contributed by atoms with E-state index in [0.29, 0.717) is 5.92 Å². The summed E-state index contributed by atoms with van der Waals surface area (Å²) in [6.45, 7) is 7.49. The first kappa shape index (κ1) is 15.6. The lowest BCUT2D eigenvalue weighted by Crippen LogP contribution is -2.18. The Morgan fingerprint density at radius 2 is 2.00 bits per heavy atom. The van der Waals surface area contributed by atoms with Crippen molar-refractivity contribution < 1.29 is 4.74 Å². The number of hydrogen-bond acceptors (Lipinski definition) is 3. The van der Waals surface area contributed by atoms with E-state index in [-0.39, 0.29) is 0 Å². The Hall–Kier alpha value is -1.81. The third-order valence-electron chi connectivity index (χ3n) is 3.86. The van der Waals surface area contributed by atoms with E-state index in [4.69, 9.17) is 9.84 Å². The predicted molar refractivity (Wildman–Crippen MR) is 86.4 cm³/mol. The molecule has 0 saturated heterocycles. The van der Waals surface area contributed by atoms with Crippen LogP contribution >= 0.6 is 0 Å². The molecule has 1 aromatic heterocycles. The number of methoxy groups -OCH3 is 1. The van der Waals surface area contributed by atoms with E-state index < -0.39 is 0 Å². The highest BCUT2D eigenvalue weighted by molar-refractivity contribution is 5.48. The SMILES string of the molecule is CNCC(C)Cc1c(C)nn(-c2ccccc2OC)c1C. The average molecular weight is 287 g/mol. The van der Waals surface area contributed by atoms with Crippen molar-refractivity contribution in [3.8, 4) is 11.4 Å². The van der Waals surface area contributed by atoms with Gasteiger partial charge < -0.3 is 10.1 Å². The molecule has 21 heavy (non-hydrogen) atoms. The zero-order valence-corrected chi connectivity index (χ0v) is 13.6. The van der Waals surface area contributed by atoms with Crippen LogP contribution in [0.25, 0.3) is 5.69 Å². The Labute approximate surface area is 127 Å². The van der Waals surface area contributed by atoms with Gasteiger partial charge in [0.05, 0.1) is 12.8 Å². The van der Waals surface area contributed by atoms with Gasteiger partial charge in [0.15, 0.2) is 0 Å². The Morgan fingerprint density at radius 1 is 1.29 bits per heavy atom. The zero-order valence-electron chi connectivity index (χ0n) is 13.6. The molecule has 1 unspecified atom stereocenters. The van der Waals surface area contributed by atoms with Gasteiger partial charge in [-0.3, -0.25) is 0 Å². The van der Waals surface area contributed by atoms with Gasteiger partial charge >= 0.3 is 0 Å². The van der Waals surface area contributed by atoms with Gasteiger partial charge in [-0.2, -0.15) is 5.10 Å². The van der Waals surface area contributed by atoms with Gasteiger partial charge in [0.2, 0.25) is 0 Å². The third kappa shape index (κ3) is 3.27. The maximum absolute atomic E-state index is 5.45. The third-order valence-corrected chi connectivity index (χ3v) is 3.86. The average Bonchev–Trinajstić information content (AvgIpc) is 2.75. The summed E-state index contributed by atoms with van der Waals surface area (Å²) in [5, 5.41) is 7.95. The molecule has 0 aliphatic heterocycles. The van der Waals surface area contributed by atoms with Crippen LogP contribution in [0.4, 0.5) is 0 Å². The molecule has 1 heterocycles. The highest BCUT2D eigenvalue weighted by atomic mass is 16.5. The van der Waals surface area contributed by atoms with Crippen LogP contribution in [0.3, 0.4) is 0 Å². The molecule has 114 valence electrons. The molecule has 0 radical (unpaired) electrons. The summed E-state index contributed by atoms with van der Waals surface area (Å²) in [4.78, 5) is 0. The number of para-hydroxylation sites is 2. The van der Waals surface area contributed by atoms with E-state index in [1.807, 2.05) is 36.0 Å². The second kappa shape index (κ2) is 6.76. The smallest absolute Gasteiger partial charge is 0.144 e. The van der Waals surface area contributed by atoms with Crippen molar-refractivity contribution >= 4 is 0 Å². The number of aromatic nitrogens is 2. The molecule has 2 aromatic rings. The topological polar surface area (TPSA) is 39.1 Å². The van der Waals surface area contributed by atoms with Gasteiger partial charge in [-0.15, -0.1) is 0 Å². The molecule has 1 N–H and O–H groups in total. The minimum absolute atomic E-state index is 0.586. The second-order valence-electron chi connectivity index (χ2n) is 5.60. The fraction of sp³-hybridized carbons (Fsp3) is 0.471. The maximum atomic E-state index is 5.45. The number of aryl methyl sites for hydroxylation is 1. The highest BCUT2D eigenvalue weighted by Crippen LogP contribution is 2.26. The minimum Gasteiger partial charge on any atom is -0.494 e. The van der Waals surface area contributed by atoms with Crippen LogP contribution in [0.2, 0.25) is 0 Å². The van der Waals surface area contributed by atoms with Crippen LogP contribution in [0.5, 0.6) is 5.75 Å². The summed E-state index contributed by atoms with van der Waals surface area (Å²) in [5.74, 6) is 1.43. The number of benzene rings is 1. The van der Waals surface area contributed by atoms with Crippen molar-refractivity contribution in [3.63, 3.8) is 0 Å². The van der Waals surface area contributed by atoms with Crippen LogP contribution in [-0.2, 0) is 6.42 Å². The molecular weight excluding hydrogens is 262 g/mol. The second-order valence-corrected chi connectivity index (χ2v) is 5.60. The lowest BCUT2D eigenvalue weighted by Gasteiger charge is -2.12. The first-order valence-corrected chi connectivity index (χ1v) is 7.41. The van der Waals surface area contributed by atoms with Crippen molar-refractivity contribution in [2.24, 2.45) is 5.92 Å². The van der Waals surface area contributed by atoms with Gasteiger partial charge in [-0.1, -0.05) is 19.1 Å². The number of nitrogens with zero attached hydrogens (tertiary/aromatic N) is 2. The van der Waals surface area contributed by atoms with Crippen LogP contribution in [0, 0.1) is 19.8 Å². The molecule has 1 atom stereocenters. The molecule has 2 rings (SSSR count). The van der Waals surface area contributed by atoms with Gasteiger partial charge in [0.25, 0.3) is 0 Å². The lowest BCUT2D eigenvalue weighted by atomic mass is 9.99. The monoisotopic (exact) mass is 287 g/mol. The lowest BCUT2D eigenvalue weighted by molar-refractivity contribution is 0.411. The molecule has 0 aliphatic carbocycles. The quantitative estimate of drug-likeness (QED) is 0.888. The Bertz CT molecular complexity index is 604. The van der Waals surface area contributed by atoms with Crippen LogP contribution < -0.4 is 10.1 Å². The molecule has 0 spiro atoms. The van der Waals surface area contributed by atoms with Crippen molar-refractivity contribution in [1.82, 2.24) is 15.1 Å². The number of ether oxygens (including phenoxy) is 1. The van der Waals surface area contributed by atoms with E-state index in [2.05, 4.69) is 26.1 Å². The summed E-state index contributed by atoms with van der Waals surface area (Å²) in [6.07, 6.45) is 1.04. The zero-order chi connectivity index (χ0) is 15.4. The fourth-order valence-corrected chi connectivity index (χ4v) is 2.78.